The molecule has 4 nitrogen and oxygen atoms in total. The Hall–Kier alpha value is -0.130. The monoisotopic (exact) mass is 246 g/mol. The van der Waals surface area contributed by atoms with Gasteiger partial charge < -0.3 is 5.32 Å². The van der Waals surface area contributed by atoms with Crippen LogP contribution in [0.5, 0.6) is 0 Å². The summed E-state index contributed by atoms with van der Waals surface area (Å²) in [7, 11) is -2.81. The molecule has 0 radical (unpaired) electrons. The second-order valence-electron chi connectivity index (χ2n) is 4.88. The summed E-state index contributed by atoms with van der Waals surface area (Å²) < 4.78 is 23.0. The van der Waals surface area contributed by atoms with Crippen LogP contribution in [0.2, 0.25) is 0 Å². The molecule has 1 aliphatic heterocycles. The van der Waals surface area contributed by atoms with Crippen molar-refractivity contribution in [3.8, 4) is 0 Å². The van der Waals surface area contributed by atoms with Gasteiger partial charge in [0.25, 0.3) is 0 Å². The highest BCUT2D eigenvalue weighted by atomic mass is 32.2. The van der Waals surface area contributed by atoms with E-state index in [4.69, 9.17) is 0 Å². The Balaban J connectivity index is 1.86. The van der Waals surface area contributed by atoms with Crippen LogP contribution in [0.3, 0.4) is 0 Å². The fourth-order valence-corrected chi connectivity index (χ4v) is 3.19. The molecule has 5 heteroatoms. The van der Waals surface area contributed by atoms with Crippen molar-refractivity contribution in [1.29, 1.82) is 0 Å². The molecule has 0 aromatic rings. The summed E-state index contributed by atoms with van der Waals surface area (Å²) in [6.45, 7) is 5.48. The van der Waals surface area contributed by atoms with Gasteiger partial charge in [0.05, 0.1) is 5.75 Å². The molecule has 94 valence electrons. The molecule has 0 aromatic carbocycles. The molecule has 2 fully saturated rings. The van der Waals surface area contributed by atoms with E-state index in [9.17, 15) is 8.42 Å². The molecule has 0 amide bonds. The van der Waals surface area contributed by atoms with Crippen molar-refractivity contribution < 1.29 is 8.42 Å². The molecule has 16 heavy (non-hydrogen) atoms. The molecule has 0 spiro atoms. The highest BCUT2D eigenvalue weighted by Gasteiger charge is 2.36. The first-order valence-corrected chi connectivity index (χ1v) is 8.09. The molecule has 2 aliphatic rings. The second-order valence-corrected chi connectivity index (χ2v) is 7.35. The van der Waals surface area contributed by atoms with Crippen molar-refractivity contribution >= 4 is 9.84 Å². The van der Waals surface area contributed by atoms with Gasteiger partial charge in [0.1, 0.15) is 0 Å². The van der Waals surface area contributed by atoms with E-state index < -0.39 is 9.84 Å². The van der Waals surface area contributed by atoms with E-state index in [-0.39, 0.29) is 5.75 Å². The number of nitrogens with zero attached hydrogens (tertiary/aromatic N) is 1. The van der Waals surface area contributed by atoms with Crippen molar-refractivity contribution in [3.63, 3.8) is 0 Å². The number of piperazine rings is 1. The summed E-state index contributed by atoms with van der Waals surface area (Å²) in [6, 6.07) is 0.584. The maximum atomic E-state index is 11.5. The van der Waals surface area contributed by atoms with E-state index in [1.165, 1.54) is 12.8 Å². The van der Waals surface area contributed by atoms with Gasteiger partial charge in [-0.2, -0.15) is 0 Å². The van der Waals surface area contributed by atoms with Crippen LogP contribution in [-0.2, 0) is 9.84 Å². The van der Waals surface area contributed by atoms with Crippen LogP contribution in [0.25, 0.3) is 0 Å². The smallest absolute Gasteiger partial charge is 0.151 e. The quantitative estimate of drug-likeness (QED) is 0.748. The zero-order chi connectivity index (χ0) is 11.6. The van der Waals surface area contributed by atoms with E-state index in [0.29, 0.717) is 11.8 Å². The van der Waals surface area contributed by atoms with Crippen LogP contribution in [0.1, 0.15) is 19.8 Å². The minimum atomic E-state index is -2.81. The van der Waals surface area contributed by atoms with Crippen molar-refractivity contribution in [3.05, 3.63) is 0 Å². The molecule has 0 bridgehead atoms. The molecule has 1 atom stereocenters. The fraction of sp³-hybridized carbons (Fsp3) is 1.00. The van der Waals surface area contributed by atoms with Gasteiger partial charge in [-0.15, -0.1) is 0 Å². The zero-order valence-corrected chi connectivity index (χ0v) is 10.8. The fourth-order valence-electron chi connectivity index (χ4n) is 2.39. The highest BCUT2D eigenvalue weighted by molar-refractivity contribution is 7.91. The molecule has 1 saturated carbocycles. The number of rotatable bonds is 5. The molecule has 2 rings (SSSR count). The van der Waals surface area contributed by atoms with Gasteiger partial charge in [-0.25, -0.2) is 8.42 Å². The van der Waals surface area contributed by atoms with Crippen molar-refractivity contribution in [1.82, 2.24) is 10.2 Å². The number of hydrogen-bond acceptors (Lipinski definition) is 4. The molecule has 1 saturated heterocycles. The third-order valence-corrected chi connectivity index (χ3v) is 5.38. The van der Waals surface area contributed by atoms with Crippen LogP contribution >= 0.6 is 0 Å². The number of sulfone groups is 1. The summed E-state index contributed by atoms with van der Waals surface area (Å²) in [5.41, 5.74) is 0. The lowest BCUT2D eigenvalue weighted by Gasteiger charge is -2.36. The molecule has 1 heterocycles. The molecule has 1 unspecified atom stereocenters. The Morgan fingerprint density at radius 2 is 2.12 bits per heavy atom. The first kappa shape index (κ1) is 12.3. The van der Waals surface area contributed by atoms with Crippen LogP contribution in [-0.4, -0.2) is 57.0 Å². The van der Waals surface area contributed by atoms with Crippen LogP contribution in [0, 0.1) is 5.92 Å². The first-order valence-electron chi connectivity index (χ1n) is 6.27. The van der Waals surface area contributed by atoms with E-state index in [1.807, 2.05) is 0 Å². The summed E-state index contributed by atoms with van der Waals surface area (Å²) in [5, 5.41) is 3.41. The van der Waals surface area contributed by atoms with Crippen molar-refractivity contribution in [2.45, 2.75) is 25.8 Å². The third kappa shape index (κ3) is 3.18. The van der Waals surface area contributed by atoms with Crippen molar-refractivity contribution in [2.24, 2.45) is 5.92 Å². The third-order valence-electron chi connectivity index (χ3n) is 3.69. The average Bonchev–Trinajstić information content (AvgIpc) is 3.11. The highest BCUT2D eigenvalue weighted by Crippen LogP contribution is 2.35. The van der Waals surface area contributed by atoms with Gasteiger partial charge in [0.2, 0.25) is 0 Å². The molecular weight excluding hydrogens is 224 g/mol. The van der Waals surface area contributed by atoms with Crippen LogP contribution in [0.15, 0.2) is 0 Å². The summed E-state index contributed by atoms with van der Waals surface area (Å²) >= 11 is 0. The van der Waals surface area contributed by atoms with Gasteiger partial charge >= 0.3 is 0 Å². The van der Waals surface area contributed by atoms with Gasteiger partial charge in [0.15, 0.2) is 9.84 Å². The van der Waals surface area contributed by atoms with Crippen LogP contribution < -0.4 is 5.32 Å². The molecule has 0 aromatic heterocycles. The van der Waals surface area contributed by atoms with E-state index >= 15 is 0 Å². The van der Waals surface area contributed by atoms with E-state index in [1.54, 1.807) is 6.92 Å². The second kappa shape index (κ2) is 5.02. The maximum Gasteiger partial charge on any atom is 0.151 e. The lowest BCUT2D eigenvalue weighted by atomic mass is 10.1. The summed E-state index contributed by atoms with van der Waals surface area (Å²) in [5.74, 6) is 1.41. The average molecular weight is 246 g/mol. The topological polar surface area (TPSA) is 49.4 Å². The van der Waals surface area contributed by atoms with E-state index in [0.717, 1.165) is 32.1 Å². The van der Waals surface area contributed by atoms with Gasteiger partial charge in [-0.1, -0.05) is 6.92 Å². The van der Waals surface area contributed by atoms with E-state index in [2.05, 4.69) is 10.2 Å². The predicted molar refractivity (Wildman–Crippen MR) is 65.3 cm³/mol. The molecular formula is C11H22N2O2S. The lowest BCUT2D eigenvalue weighted by Crippen LogP contribution is -2.53. The zero-order valence-electron chi connectivity index (χ0n) is 9.98. The summed E-state index contributed by atoms with van der Waals surface area (Å²) in [4.78, 5) is 2.38. The Morgan fingerprint density at radius 3 is 2.75 bits per heavy atom. The number of nitrogens with one attached hydrogen (secondary N) is 1. The number of hydrogen-bond donors (Lipinski definition) is 1. The van der Waals surface area contributed by atoms with Gasteiger partial charge in [-0.05, 0) is 18.8 Å². The largest absolute Gasteiger partial charge is 0.314 e. The Labute approximate surface area is 98.3 Å². The minimum absolute atomic E-state index is 0.271. The molecule has 1 aliphatic carbocycles. The maximum absolute atomic E-state index is 11.5. The van der Waals surface area contributed by atoms with Gasteiger partial charge in [0, 0.05) is 38.0 Å². The lowest BCUT2D eigenvalue weighted by molar-refractivity contribution is 0.152. The first-order chi connectivity index (χ1) is 7.62. The SMILES string of the molecule is CCS(=O)(=O)CCN1CCNCC1C1CC1. The van der Waals surface area contributed by atoms with Crippen molar-refractivity contribution in [2.75, 3.05) is 37.7 Å². The normalized spacial score (nSPS) is 28.2. The van der Waals surface area contributed by atoms with Gasteiger partial charge in [-0.3, -0.25) is 4.90 Å². The standard InChI is InChI=1S/C11H22N2O2S/c1-2-16(14,15)8-7-13-6-5-12-9-11(13)10-3-4-10/h10-12H,2-9H2,1H3. The Morgan fingerprint density at radius 1 is 1.38 bits per heavy atom. The Bertz CT molecular complexity index is 325. The molecule has 1 N–H and O–H groups in total. The van der Waals surface area contributed by atoms with Crippen LogP contribution in [0.4, 0.5) is 0 Å². The minimum Gasteiger partial charge on any atom is -0.314 e. The Kier molecular flexibility index (Phi) is 3.87. The summed E-state index contributed by atoms with van der Waals surface area (Å²) in [6.07, 6.45) is 2.65. The predicted octanol–water partition coefficient (Wildman–Crippen LogP) is 0.105.